The van der Waals surface area contributed by atoms with Crippen molar-refractivity contribution in [3.8, 4) is 0 Å². The van der Waals surface area contributed by atoms with Crippen LogP contribution >= 0.6 is 11.3 Å². The minimum absolute atomic E-state index is 0.0490. The first kappa shape index (κ1) is 40.6. The largest absolute Gasteiger partial charge is 0.468 e. The maximum absolute atomic E-state index is 14.2. The van der Waals surface area contributed by atoms with Gasteiger partial charge in [-0.05, 0) is 67.4 Å². The van der Waals surface area contributed by atoms with Gasteiger partial charge in [0, 0.05) is 28.8 Å². The number of thiophene rings is 1. The van der Waals surface area contributed by atoms with Gasteiger partial charge in [-0.2, -0.15) is 0 Å². The predicted molar refractivity (Wildman–Crippen MR) is 200 cm³/mol. The molecule has 0 unspecified atom stereocenters. The summed E-state index contributed by atoms with van der Waals surface area (Å²) in [5.74, 6) is -5.08. The van der Waals surface area contributed by atoms with Gasteiger partial charge >= 0.3 is 11.9 Å². The summed E-state index contributed by atoms with van der Waals surface area (Å²) < 4.78 is 9.52. The lowest BCUT2D eigenvalue weighted by molar-refractivity contribution is -0.140. The zero-order valence-electron chi connectivity index (χ0n) is 30.3. The number of esters is 2. The normalized spacial score (nSPS) is 12.3. The highest BCUT2D eigenvalue weighted by molar-refractivity contribution is 7.17. The van der Waals surface area contributed by atoms with Crippen molar-refractivity contribution in [2.75, 3.05) is 42.2 Å². The molecule has 15 nitrogen and oxygen atoms in total. The number of methoxy groups -OCH3 is 2. The second-order valence-electron chi connectivity index (χ2n) is 12.0. The van der Waals surface area contributed by atoms with E-state index in [9.17, 15) is 38.4 Å². The number of nitrogens with one attached hydrogen (secondary N) is 2. The average Bonchev–Trinajstić information content (AvgIpc) is 3.74. The molecule has 1 fully saturated rings. The molecule has 1 aliphatic rings. The molecule has 54 heavy (non-hydrogen) atoms. The van der Waals surface area contributed by atoms with Gasteiger partial charge in [-0.3, -0.25) is 49.0 Å². The number of hydrazine groups is 1. The lowest BCUT2D eigenvalue weighted by Crippen LogP contribution is -2.41. The number of hydrogen-bond donors (Lipinski definition) is 2. The summed E-state index contributed by atoms with van der Waals surface area (Å²) in [5.41, 5.74) is 0.0132. The molecule has 0 radical (unpaired) electrons. The Hall–Kier alpha value is -6.16. The van der Waals surface area contributed by atoms with Gasteiger partial charge in [0.05, 0.1) is 30.6 Å². The summed E-state index contributed by atoms with van der Waals surface area (Å²) in [5, 5.41) is 7.21. The van der Waals surface area contributed by atoms with Crippen molar-refractivity contribution >= 4 is 81.2 Å². The summed E-state index contributed by atoms with van der Waals surface area (Å²) in [7, 11) is 2.42. The molecular weight excluding hydrogens is 719 g/mol. The first-order chi connectivity index (χ1) is 25.9. The summed E-state index contributed by atoms with van der Waals surface area (Å²) >= 11 is 1.09. The Morgan fingerprint density at radius 3 is 1.59 bits per heavy atom. The number of rotatable bonds is 16. The molecule has 2 heterocycles. The number of nitrogens with zero attached hydrogens (tertiary/aromatic N) is 3. The van der Waals surface area contributed by atoms with Gasteiger partial charge in [0.25, 0.3) is 23.6 Å². The summed E-state index contributed by atoms with van der Waals surface area (Å²) in [4.78, 5) is 105. The van der Waals surface area contributed by atoms with E-state index in [0.29, 0.717) is 22.7 Å². The smallest absolute Gasteiger partial charge is 0.325 e. The lowest BCUT2D eigenvalue weighted by atomic mass is 10.1. The van der Waals surface area contributed by atoms with E-state index in [-0.39, 0.29) is 54.0 Å². The van der Waals surface area contributed by atoms with Crippen molar-refractivity contribution in [1.82, 2.24) is 10.6 Å². The third-order valence-electron chi connectivity index (χ3n) is 8.08. The molecule has 1 aliphatic heterocycles. The SMILES string of the molecule is CCCCC(=O)NC(=O)c1cccc(N2C(=O)C(=Cc3ccc(N(CC(=O)OC)CC(=O)OC)s3)C(=O)N2c2cccc(C(=O)NC(=O)CCCC)c2)c1. The van der Waals surface area contributed by atoms with Crippen LogP contribution in [0, 0.1) is 0 Å². The van der Waals surface area contributed by atoms with E-state index in [0.717, 1.165) is 34.2 Å². The highest BCUT2D eigenvalue weighted by atomic mass is 32.1. The Kier molecular flexibility index (Phi) is 14.3. The predicted octanol–water partition coefficient (Wildman–Crippen LogP) is 4.17. The quantitative estimate of drug-likeness (QED) is 0.121. The summed E-state index contributed by atoms with van der Waals surface area (Å²) in [6.07, 6.45) is 4.38. The van der Waals surface area contributed by atoms with Crippen LogP contribution in [0.15, 0.2) is 66.2 Å². The Bertz CT molecular complexity index is 1860. The molecule has 6 amide bonds. The summed E-state index contributed by atoms with van der Waals surface area (Å²) in [6.45, 7) is 3.28. The van der Waals surface area contributed by atoms with Crippen LogP contribution in [0.2, 0.25) is 0 Å². The Morgan fingerprint density at radius 2 is 1.17 bits per heavy atom. The number of benzene rings is 2. The molecule has 1 aromatic heterocycles. The number of hydrogen-bond acceptors (Lipinski definition) is 12. The number of ether oxygens (including phenoxy) is 2. The molecule has 16 heteroatoms. The molecule has 0 spiro atoms. The fourth-order valence-corrected chi connectivity index (χ4v) is 6.18. The van der Waals surface area contributed by atoms with Gasteiger partial charge in [0.2, 0.25) is 11.8 Å². The maximum atomic E-state index is 14.2. The third kappa shape index (κ3) is 10.2. The third-order valence-corrected chi connectivity index (χ3v) is 9.17. The van der Waals surface area contributed by atoms with Gasteiger partial charge in [-0.15, -0.1) is 11.3 Å². The molecule has 0 atom stereocenters. The Morgan fingerprint density at radius 1 is 0.704 bits per heavy atom. The standard InChI is InChI=1S/C38H41N5O10S/c1-5-7-15-30(44)39-35(48)24-11-9-13-26(19-24)42-37(50)29(21-28-17-18-32(54-28)41(22-33(46)52-3)23-34(47)53-4)38(51)43(42)27-14-10-12-25(20-27)36(49)40-31(45)16-8-6-2/h9-14,17-21H,5-8,15-16,22-23H2,1-4H3,(H,39,44,48)(H,40,45,49). The number of imide groups is 2. The molecule has 3 aromatic rings. The summed E-state index contributed by atoms with van der Waals surface area (Å²) in [6, 6.07) is 14.8. The second-order valence-corrected chi connectivity index (χ2v) is 13.1. The van der Waals surface area contributed by atoms with Crippen molar-refractivity contribution < 1.29 is 47.8 Å². The van der Waals surface area contributed by atoms with Crippen molar-refractivity contribution in [2.24, 2.45) is 0 Å². The van der Waals surface area contributed by atoms with Crippen molar-refractivity contribution in [1.29, 1.82) is 0 Å². The number of carbonyl (C=O) groups is 8. The molecule has 2 N–H and O–H groups in total. The number of amides is 6. The maximum Gasteiger partial charge on any atom is 0.325 e. The van der Waals surface area contributed by atoms with E-state index < -0.39 is 47.4 Å². The first-order valence-corrected chi connectivity index (χ1v) is 18.0. The minimum Gasteiger partial charge on any atom is -0.468 e. The average molecular weight is 760 g/mol. The van der Waals surface area contributed by atoms with Crippen LogP contribution in [0.5, 0.6) is 0 Å². The van der Waals surface area contributed by atoms with E-state index in [4.69, 9.17) is 9.47 Å². The lowest BCUT2D eigenvalue weighted by Gasteiger charge is -2.28. The van der Waals surface area contributed by atoms with Gasteiger partial charge in [-0.25, -0.2) is 10.0 Å². The molecule has 0 aliphatic carbocycles. The molecule has 1 saturated heterocycles. The fraction of sp³-hybridized carbons (Fsp3) is 0.316. The van der Waals surface area contributed by atoms with Crippen molar-refractivity contribution in [3.63, 3.8) is 0 Å². The van der Waals surface area contributed by atoms with Crippen LogP contribution in [-0.2, 0) is 38.2 Å². The highest BCUT2D eigenvalue weighted by Gasteiger charge is 2.43. The zero-order valence-corrected chi connectivity index (χ0v) is 31.2. The molecule has 0 saturated carbocycles. The van der Waals surface area contributed by atoms with Gasteiger partial charge in [0.1, 0.15) is 18.7 Å². The van der Waals surface area contributed by atoms with E-state index in [1.54, 1.807) is 12.1 Å². The van der Waals surface area contributed by atoms with Crippen LogP contribution in [-0.4, -0.2) is 74.7 Å². The highest BCUT2D eigenvalue weighted by Crippen LogP contribution is 2.35. The monoisotopic (exact) mass is 759 g/mol. The van der Waals surface area contributed by atoms with E-state index >= 15 is 0 Å². The molecule has 284 valence electrons. The van der Waals surface area contributed by atoms with E-state index in [2.05, 4.69) is 10.6 Å². The molecule has 2 aromatic carbocycles. The molecular formula is C38H41N5O10S. The zero-order chi connectivity index (χ0) is 39.4. The topological polar surface area (TPSA) is 189 Å². The van der Waals surface area contributed by atoms with Gasteiger partial charge in [-0.1, -0.05) is 38.8 Å². The fourth-order valence-electron chi connectivity index (χ4n) is 5.23. The van der Waals surface area contributed by atoms with Crippen LogP contribution in [0.25, 0.3) is 6.08 Å². The van der Waals surface area contributed by atoms with Crippen LogP contribution in [0.1, 0.15) is 78.0 Å². The Labute approximate surface area is 315 Å². The van der Waals surface area contributed by atoms with Crippen molar-refractivity contribution in [2.45, 2.75) is 52.4 Å². The first-order valence-electron chi connectivity index (χ1n) is 17.2. The van der Waals surface area contributed by atoms with Crippen molar-refractivity contribution in [3.05, 3.63) is 82.2 Å². The van der Waals surface area contributed by atoms with Crippen LogP contribution in [0.3, 0.4) is 0 Å². The minimum atomic E-state index is -0.780. The molecule has 4 rings (SSSR count). The van der Waals surface area contributed by atoms with Gasteiger partial charge < -0.3 is 14.4 Å². The van der Waals surface area contributed by atoms with E-state index in [1.165, 1.54) is 73.7 Å². The van der Waals surface area contributed by atoms with Gasteiger partial charge in [0.15, 0.2) is 0 Å². The number of carbonyl (C=O) groups excluding carboxylic acids is 8. The van der Waals surface area contributed by atoms with Crippen LogP contribution in [0.4, 0.5) is 16.4 Å². The second kappa shape index (κ2) is 19.1. The van der Waals surface area contributed by atoms with E-state index in [1.807, 2.05) is 13.8 Å². The number of anilines is 3. The molecule has 0 bridgehead atoms. The van der Waals surface area contributed by atoms with Crippen LogP contribution < -0.4 is 25.6 Å². The Balaban J connectivity index is 1.76. The number of unbranched alkanes of at least 4 members (excludes halogenated alkanes) is 2.